The molecule has 1 aliphatic rings. The minimum Gasteiger partial charge on any atom is -0.396 e. The minimum atomic E-state index is -3.59. The first kappa shape index (κ1) is 21.9. The molecule has 1 N–H and O–H groups in total. The topological polar surface area (TPSA) is 75.4 Å². The molecule has 0 spiro atoms. The fourth-order valence-corrected chi connectivity index (χ4v) is 4.88. The molecule has 3 rings (SSSR count). The number of benzene rings is 1. The zero-order valence-electron chi connectivity index (χ0n) is 17.1. The monoisotopic (exact) mass is 423 g/mol. The van der Waals surface area contributed by atoms with Crippen molar-refractivity contribution >= 4 is 9.84 Å². The van der Waals surface area contributed by atoms with Gasteiger partial charge in [0.15, 0.2) is 0 Å². The van der Waals surface area contributed by atoms with E-state index in [0.29, 0.717) is 18.0 Å². The van der Waals surface area contributed by atoms with Crippen LogP contribution < -0.4 is 0 Å². The van der Waals surface area contributed by atoms with Crippen molar-refractivity contribution in [2.45, 2.75) is 56.6 Å². The van der Waals surface area contributed by atoms with Crippen LogP contribution in [0.2, 0.25) is 0 Å². The Bertz CT molecular complexity index is 919. The number of aliphatic hydroxyl groups excluding tert-OH is 1. The van der Waals surface area contributed by atoms with Gasteiger partial charge < -0.3 is 9.67 Å². The molecular formula is C21H30FN3O3S. The smallest absolute Gasteiger partial charge is 0.228 e. The van der Waals surface area contributed by atoms with Gasteiger partial charge in [0.2, 0.25) is 15.0 Å². The third-order valence-electron chi connectivity index (χ3n) is 5.69. The van der Waals surface area contributed by atoms with E-state index in [1.807, 2.05) is 0 Å². The Labute approximate surface area is 172 Å². The summed E-state index contributed by atoms with van der Waals surface area (Å²) >= 11 is 0. The third kappa shape index (κ3) is 5.05. The number of aromatic nitrogens is 2. The molecular weight excluding hydrogens is 393 g/mol. The molecule has 0 bridgehead atoms. The number of hydrogen-bond acceptors (Lipinski definition) is 5. The van der Waals surface area contributed by atoms with Gasteiger partial charge in [0.1, 0.15) is 5.82 Å². The first-order valence-electron chi connectivity index (χ1n) is 10.2. The van der Waals surface area contributed by atoms with E-state index in [1.54, 1.807) is 42.8 Å². The summed E-state index contributed by atoms with van der Waals surface area (Å²) in [7, 11) is -3.59. The normalized spacial score (nSPS) is 16.6. The summed E-state index contributed by atoms with van der Waals surface area (Å²) < 4.78 is 41.6. The highest BCUT2D eigenvalue weighted by molar-refractivity contribution is 7.91. The number of aliphatic hydroxyl groups is 1. The fourth-order valence-electron chi connectivity index (χ4n) is 3.77. The fraction of sp³-hybridized carbons (Fsp3) is 0.571. The summed E-state index contributed by atoms with van der Waals surface area (Å²) in [6.07, 6.45) is 4.46. The summed E-state index contributed by atoms with van der Waals surface area (Å²) in [5, 5.41) is 8.53. The van der Waals surface area contributed by atoms with Crippen LogP contribution in [-0.4, -0.2) is 52.9 Å². The van der Waals surface area contributed by atoms with Gasteiger partial charge in [-0.3, -0.25) is 4.90 Å². The van der Waals surface area contributed by atoms with Gasteiger partial charge in [0.05, 0.1) is 23.7 Å². The number of rotatable bonds is 8. The lowest BCUT2D eigenvalue weighted by Crippen LogP contribution is -2.34. The molecule has 160 valence electrons. The molecule has 0 amide bonds. The number of piperidine rings is 1. The van der Waals surface area contributed by atoms with Crippen LogP contribution in [0.15, 0.2) is 35.6 Å². The molecule has 0 atom stereocenters. The number of hydrogen-bond donors (Lipinski definition) is 1. The van der Waals surface area contributed by atoms with E-state index in [4.69, 9.17) is 5.11 Å². The lowest BCUT2D eigenvalue weighted by atomic mass is 9.94. The lowest BCUT2D eigenvalue weighted by molar-refractivity contribution is 0.151. The van der Waals surface area contributed by atoms with Gasteiger partial charge in [0.25, 0.3) is 0 Å². The Hall–Kier alpha value is -1.77. The standard InChI is InChI=1S/C21H30FN3O3S/c1-16(2)29(27,28)21-23-13-19(15-24-10-7-17(8-11-24)9-12-26)25(21)14-18-5-3-4-6-20(18)22/h3-6,13,16-17,26H,7-12,14-15H2,1-2H3. The van der Waals surface area contributed by atoms with Gasteiger partial charge in [-0.1, -0.05) is 18.2 Å². The Morgan fingerprint density at radius 3 is 2.52 bits per heavy atom. The van der Waals surface area contributed by atoms with Gasteiger partial charge in [-0.2, -0.15) is 0 Å². The van der Waals surface area contributed by atoms with E-state index >= 15 is 0 Å². The molecule has 1 aliphatic heterocycles. The first-order valence-corrected chi connectivity index (χ1v) is 11.7. The molecule has 6 nitrogen and oxygen atoms in total. The number of halogens is 1. The highest BCUT2D eigenvalue weighted by Gasteiger charge is 2.28. The predicted octanol–water partition coefficient (Wildman–Crippen LogP) is 2.85. The van der Waals surface area contributed by atoms with Crippen LogP contribution in [0, 0.1) is 11.7 Å². The van der Waals surface area contributed by atoms with E-state index in [1.165, 1.54) is 6.07 Å². The molecule has 0 aliphatic carbocycles. The zero-order chi connectivity index (χ0) is 21.0. The number of imidazole rings is 1. The zero-order valence-corrected chi connectivity index (χ0v) is 17.9. The van der Waals surface area contributed by atoms with E-state index in [0.717, 1.165) is 38.0 Å². The van der Waals surface area contributed by atoms with E-state index in [-0.39, 0.29) is 24.1 Å². The van der Waals surface area contributed by atoms with Crippen LogP contribution in [0.25, 0.3) is 0 Å². The van der Waals surface area contributed by atoms with Crippen molar-refractivity contribution in [2.75, 3.05) is 19.7 Å². The third-order valence-corrected chi connectivity index (χ3v) is 7.77. The van der Waals surface area contributed by atoms with Crippen molar-refractivity contribution in [1.29, 1.82) is 0 Å². The maximum atomic E-state index is 14.3. The van der Waals surface area contributed by atoms with Crippen LogP contribution in [0.1, 0.15) is 44.4 Å². The molecule has 1 fully saturated rings. The Kier molecular flexibility index (Phi) is 7.08. The predicted molar refractivity (Wildman–Crippen MR) is 110 cm³/mol. The van der Waals surface area contributed by atoms with E-state index in [9.17, 15) is 12.8 Å². The van der Waals surface area contributed by atoms with Crippen molar-refractivity contribution in [3.05, 3.63) is 47.5 Å². The molecule has 1 aromatic heterocycles. The van der Waals surface area contributed by atoms with Crippen molar-refractivity contribution in [2.24, 2.45) is 5.92 Å². The molecule has 2 aromatic rings. The Morgan fingerprint density at radius 1 is 1.21 bits per heavy atom. The molecule has 0 radical (unpaired) electrons. The molecule has 0 saturated carbocycles. The van der Waals surface area contributed by atoms with Gasteiger partial charge in [-0.05, 0) is 58.2 Å². The summed E-state index contributed by atoms with van der Waals surface area (Å²) in [5.74, 6) is 0.182. The van der Waals surface area contributed by atoms with Crippen LogP contribution in [0.3, 0.4) is 0 Å². The van der Waals surface area contributed by atoms with Crippen molar-refractivity contribution in [3.8, 4) is 0 Å². The van der Waals surface area contributed by atoms with Crippen LogP contribution >= 0.6 is 0 Å². The van der Waals surface area contributed by atoms with E-state index in [2.05, 4.69) is 9.88 Å². The van der Waals surface area contributed by atoms with Crippen molar-refractivity contribution < 1.29 is 17.9 Å². The Balaban J connectivity index is 1.87. The highest BCUT2D eigenvalue weighted by atomic mass is 32.2. The van der Waals surface area contributed by atoms with Crippen molar-refractivity contribution in [1.82, 2.24) is 14.5 Å². The molecule has 1 saturated heterocycles. The summed E-state index contributed by atoms with van der Waals surface area (Å²) in [4.78, 5) is 6.51. The maximum absolute atomic E-state index is 14.3. The number of nitrogens with zero attached hydrogens (tertiary/aromatic N) is 3. The van der Waals surface area contributed by atoms with E-state index < -0.39 is 15.1 Å². The molecule has 29 heavy (non-hydrogen) atoms. The average molecular weight is 424 g/mol. The number of sulfone groups is 1. The first-order chi connectivity index (χ1) is 13.8. The quantitative estimate of drug-likeness (QED) is 0.707. The van der Waals surface area contributed by atoms with Gasteiger partial charge in [-0.15, -0.1) is 0 Å². The molecule has 0 unspecified atom stereocenters. The maximum Gasteiger partial charge on any atom is 0.228 e. The second-order valence-corrected chi connectivity index (χ2v) is 10.4. The van der Waals surface area contributed by atoms with Gasteiger partial charge >= 0.3 is 0 Å². The van der Waals surface area contributed by atoms with Gasteiger partial charge in [-0.25, -0.2) is 17.8 Å². The van der Waals surface area contributed by atoms with Gasteiger partial charge in [0, 0.05) is 18.7 Å². The van der Waals surface area contributed by atoms with Crippen LogP contribution in [-0.2, 0) is 22.9 Å². The average Bonchev–Trinajstić information content (AvgIpc) is 3.08. The second kappa shape index (κ2) is 9.36. The SMILES string of the molecule is CC(C)S(=O)(=O)c1ncc(CN2CCC(CCO)CC2)n1Cc1ccccc1F. The largest absolute Gasteiger partial charge is 0.396 e. The lowest BCUT2D eigenvalue weighted by Gasteiger charge is -2.31. The highest BCUT2D eigenvalue weighted by Crippen LogP contribution is 2.24. The molecule has 8 heteroatoms. The molecule has 1 aromatic carbocycles. The van der Waals surface area contributed by atoms with Crippen LogP contribution in [0.5, 0.6) is 0 Å². The minimum absolute atomic E-state index is 0.000851. The van der Waals surface area contributed by atoms with Crippen molar-refractivity contribution in [3.63, 3.8) is 0 Å². The summed E-state index contributed by atoms with van der Waals surface area (Å²) in [5.41, 5.74) is 1.21. The van der Waals surface area contributed by atoms with Crippen LogP contribution in [0.4, 0.5) is 4.39 Å². The number of likely N-dealkylation sites (tertiary alicyclic amines) is 1. The Morgan fingerprint density at radius 2 is 1.90 bits per heavy atom. The summed E-state index contributed by atoms with van der Waals surface area (Å²) in [6, 6.07) is 6.42. The second-order valence-electron chi connectivity index (χ2n) is 8.04. The molecule has 2 heterocycles. The summed E-state index contributed by atoms with van der Waals surface area (Å²) in [6.45, 7) is 5.96.